The maximum absolute atomic E-state index is 14.4. The van der Waals surface area contributed by atoms with Crippen LogP contribution >= 0.6 is 0 Å². The molecule has 7 atom stereocenters. The molecule has 0 bridgehead atoms. The summed E-state index contributed by atoms with van der Waals surface area (Å²) < 4.78 is 25.6. The van der Waals surface area contributed by atoms with Crippen molar-refractivity contribution in [3.05, 3.63) is 119 Å². The average molecular weight is 1040 g/mol. The van der Waals surface area contributed by atoms with Gasteiger partial charge in [0.05, 0.1) is 50.3 Å². The molecule has 0 aliphatic carbocycles. The van der Waals surface area contributed by atoms with Crippen LogP contribution in [0.2, 0.25) is 0 Å². The quantitative estimate of drug-likeness (QED) is 0.0308. The number of benzene rings is 4. The molecule has 19 heteroatoms. The third kappa shape index (κ3) is 19.0. The summed E-state index contributed by atoms with van der Waals surface area (Å²) in [6.07, 6.45) is -0.727. The van der Waals surface area contributed by atoms with Gasteiger partial charge < -0.3 is 57.9 Å². The predicted molar refractivity (Wildman–Crippen MR) is 280 cm³/mol. The lowest BCUT2D eigenvalue weighted by molar-refractivity contribution is -0.141. The van der Waals surface area contributed by atoms with Crippen LogP contribution in [0.5, 0.6) is 11.5 Å². The van der Waals surface area contributed by atoms with Gasteiger partial charge in [-0.3, -0.25) is 33.6 Å². The number of carboxylic acids is 1. The maximum atomic E-state index is 14.4. The number of aryl methyl sites for hydroxylation is 2. The lowest BCUT2D eigenvalue weighted by atomic mass is 9.88. The van der Waals surface area contributed by atoms with E-state index in [2.05, 4.69) is 16.0 Å². The molecule has 0 fully saturated rings. The predicted octanol–water partition coefficient (Wildman–Crippen LogP) is 3.65. The average Bonchev–Trinajstić information content (AvgIpc) is 3.38. The first-order chi connectivity index (χ1) is 35.7. The minimum atomic E-state index is -1.77. The summed E-state index contributed by atoms with van der Waals surface area (Å²) in [5.41, 5.74) is 20.4. The van der Waals surface area contributed by atoms with Crippen LogP contribution in [0.25, 0.3) is 11.1 Å². The van der Waals surface area contributed by atoms with Gasteiger partial charge in [0, 0.05) is 25.2 Å². The number of aliphatic carboxylic acids is 1. The molecule has 4 rings (SSSR count). The number of carboxylic acid groups (broad SMARTS) is 1. The van der Waals surface area contributed by atoms with Gasteiger partial charge in [-0.1, -0.05) is 67.6 Å². The lowest BCUT2D eigenvalue weighted by Gasteiger charge is -2.29. The van der Waals surface area contributed by atoms with Gasteiger partial charge >= 0.3 is 5.97 Å². The second-order valence-corrected chi connectivity index (χ2v) is 19.1. The molecule has 4 aromatic rings. The molecule has 0 spiro atoms. The Kier molecular flexibility index (Phi) is 24.0. The molecule has 4 aromatic carbocycles. The van der Waals surface area contributed by atoms with Crippen molar-refractivity contribution in [1.82, 2.24) is 16.0 Å². The van der Waals surface area contributed by atoms with Gasteiger partial charge in [-0.05, 0) is 129 Å². The van der Waals surface area contributed by atoms with E-state index in [-0.39, 0.29) is 24.8 Å². The van der Waals surface area contributed by atoms with Crippen LogP contribution in [0.4, 0.5) is 4.39 Å². The van der Waals surface area contributed by atoms with Crippen LogP contribution in [0.3, 0.4) is 0 Å². The number of ketones is 2. The summed E-state index contributed by atoms with van der Waals surface area (Å²) in [5, 5.41) is 38.2. The molecule has 0 aromatic heterocycles. The van der Waals surface area contributed by atoms with Gasteiger partial charge in [0.25, 0.3) is 0 Å². The number of hydrogen-bond acceptors (Lipinski definition) is 13. The Morgan fingerprint density at radius 3 is 1.99 bits per heavy atom. The Morgan fingerprint density at radius 2 is 1.39 bits per heavy atom. The minimum absolute atomic E-state index is 0.0662. The zero-order valence-electron chi connectivity index (χ0n) is 43.1. The molecule has 12 N–H and O–H groups in total. The smallest absolute Gasteiger partial charge is 0.305 e. The number of aliphatic hydroxyl groups is 2. The normalized spacial score (nSPS) is 14.4. The highest BCUT2D eigenvalue weighted by Crippen LogP contribution is 2.29. The largest absolute Gasteiger partial charge is 0.497 e. The van der Waals surface area contributed by atoms with Gasteiger partial charge in [0.2, 0.25) is 23.6 Å². The first kappa shape index (κ1) is 60.5. The number of aliphatic hydroxyl groups excluding tert-OH is 2. The van der Waals surface area contributed by atoms with Gasteiger partial charge in [0.15, 0.2) is 11.6 Å². The van der Waals surface area contributed by atoms with Crippen LogP contribution in [0.15, 0.2) is 91.0 Å². The SMILES string of the molecule is CCc1cc(OC)ccc1-c1ccc(C[C@H](CC(=O)[C@H](CC(=O)O)NC(=O)[C@H](CO)CC(=O)[C@@H](NC(=O)[C@@](C)(N)Cc2ccccc2F)[C@@H](C)O)C(=O)N[C@@H](CCCc2ccc(OCCCCN)cc2)C(N)=O)cc1. The summed E-state index contributed by atoms with van der Waals surface area (Å²) in [7, 11) is 1.58. The van der Waals surface area contributed by atoms with Crippen molar-refractivity contribution in [2.75, 3.05) is 26.9 Å². The molecule has 406 valence electrons. The molecule has 0 heterocycles. The van der Waals surface area contributed by atoms with E-state index in [1.807, 2.05) is 61.5 Å². The molecular weight excluding hydrogens is 968 g/mol. The van der Waals surface area contributed by atoms with E-state index < -0.39 is 114 Å². The first-order valence-electron chi connectivity index (χ1n) is 25.2. The molecule has 75 heavy (non-hydrogen) atoms. The number of halogens is 1. The summed E-state index contributed by atoms with van der Waals surface area (Å²) in [5.74, 6) is -8.92. The third-order valence-corrected chi connectivity index (χ3v) is 12.9. The van der Waals surface area contributed by atoms with Crippen molar-refractivity contribution in [2.45, 2.75) is 121 Å². The van der Waals surface area contributed by atoms with Gasteiger partial charge in [-0.2, -0.15) is 0 Å². The van der Waals surface area contributed by atoms with Crippen LogP contribution < -0.4 is 42.6 Å². The standard InChI is InChI=1S/C56H73FN6O12/c1-5-37-28-43(74-4)23-24-44(37)38-19-15-36(16-20-38)27-40(53(71)61-46(52(59)70)14-10-11-35-17-21-42(22-18-35)75-26-9-8-25-58)29-48(66)47(31-50(68)69)62-54(72)41(33-64)30-49(67)51(34(2)65)63-55(73)56(3,60)32-39-12-6-7-13-45(39)57/h6-7,12-13,15-24,28,34,40-41,46-47,51,64-65H,5,8-11,14,25-27,29-33,58,60H2,1-4H3,(H2,59,70)(H,61,71)(H,62,72)(H,63,73)(H,68,69)/t34-,40-,41+,46+,47+,51+,56+/m1/s1. The summed E-state index contributed by atoms with van der Waals surface area (Å²) in [6, 6.07) is 21.6. The number of carbonyl (C=O) groups is 7. The number of nitrogens with two attached hydrogens (primary N) is 3. The van der Waals surface area contributed by atoms with Crippen molar-refractivity contribution in [3.63, 3.8) is 0 Å². The fourth-order valence-electron chi connectivity index (χ4n) is 8.51. The maximum Gasteiger partial charge on any atom is 0.305 e. The Morgan fingerprint density at radius 1 is 0.760 bits per heavy atom. The topological polar surface area (TPSA) is 313 Å². The van der Waals surface area contributed by atoms with Crippen molar-refractivity contribution < 1.29 is 62.7 Å². The number of nitrogens with one attached hydrogen (secondary N) is 3. The van der Waals surface area contributed by atoms with Crippen molar-refractivity contribution in [3.8, 4) is 22.6 Å². The third-order valence-electron chi connectivity index (χ3n) is 12.9. The Balaban J connectivity index is 1.53. The molecule has 0 aliphatic rings. The summed E-state index contributed by atoms with van der Waals surface area (Å²) in [4.78, 5) is 94.2. The van der Waals surface area contributed by atoms with E-state index in [0.717, 1.165) is 41.5 Å². The monoisotopic (exact) mass is 1040 g/mol. The minimum Gasteiger partial charge on any atom is -0.497 e. The number of ether oxygens (including phenoxy) is 2. The zero-order valence-corrected chi connectivity index (χ0v) is 43.1. The van der Waals surface area contributed by atoms with Crippen molar-refractivity contribution >= 4 is 41.2 Å². The number of unbranched alkanes of at least 4 members (excludes halogenated alkanes) is 1. The van der Waals surface area contributed by atoms with E-state index in [1.165, 1.54) is 32.0 Å². The zero-order chi connectivity index (χ0) is 55.2. The number of rotatable bonds is 33. The molecule has 0 unspecified atom stereocenters. The highest BCUT2D eigenvalue weighted by molar-refractivity contribution is 5.98. The van der Waals surface area contributed by atoms with E-state index in [4.69, 9.17) is 26.7 Å². The van der Waals surface area contributed by atoms with E-state index >= 15 is 0 Å². The second kappa shape index (κ2) is 29.7. The summed E-state index contributed by atoms with van der Waals surface area (Å²) in [6.45, 7) is 4.66. The molecule has 18 nitrogen and oxygen atoms in total. The molecule has 0 saturated carbocycles. The summed E-state index contributed by atoms with van der Waals surface area (Å²) >= 11 is 0. The first-order valence-corrected chi connectivity index (χ1v) is 25.2. The number of carbonyl (C=O) groups excluding carboxylic acids is 6. The fourth-order valence-corrected chi connectivity index (χ4v) is 8.51. The highest BCUT2D eigenvalue weighted by Gasteiger charge is 2.37. The number of hydrogen-bond donors (Lipinski definition) is 9. The number of amides is 4. The molecule has 0 saturated heterocycles. The molecular formula is C56H73FN6O12. The fraction of sp³-hybridized carbons (Fsp3) is 0.446. The lowest BCUT2D eigenvalue weighted by Crippen LogP contribution is -2.59. The van der Waals surface area contributed by atoms with Crippen molar-refractivity contribution in [2.24, 2.45) is 29.0 Å². The Bertz CT molecular complexity index is 2560. The molecule has 0 aliphatic heterocycles. The number of primary amides is 1. The number of methoxy groups -OCH3 is 1. The van der Waals surface area contributed by atoms with E-state index in [9.17, 15) is 53.3 Å². The van der Waals surface area contributed by atoms with E-state index in [0.29, 0.717) is 43.1 Å². The molecule has 4 amide bonds. The van der Waals surface area contributed by atoms with Crippen LogP contribution in [0.1, 0.15) is 88.0 Å². The Labute approximate surface area is 437 Å². The highest BCUT2D eigenvalue weighted by atomic mass is 19.1. The van der Waals surface area contributed by atoms with Crippen LogP contribution in [-0.2, 0) is 59.2 Å². The van der Waals surface area contributed by atoms with E-state index in [1.54, 1.807) is 25.3 Å². The van der Waals surface area contributed by atoms with Gasteiger partial charge in [-0.25, -0.2) is 4.39 Å². The van der Waals surface area contributed by atoms with Gasteiger partial charge in [-0.15, -0.1) is 0 Å². The van der Waals surface area contributed by atoms with Crippen molar-refractivity contribution in [1.29, 1.82) is 0 Å². The Hall–Kier alpha value is -7.06. The van der Waals surface area contributed by atoms with Crippen LogP contribution in [0, 0.1) is 17.7 Å². The van der Waals surface area contributed by atoms with Gasteiger partial charge in [0.1, 0.15) is 29.4 Å². The van der Waals surface area contributed by atoms with Crippen LogP contribution in [-0.4, -0.2) is 113 Å². The second-order valence-electron chi connectivity index (χ2n) is 19.1. The molecule has 0 radical (unpaired) electrons. The number of Topliss-reactive ketones (excluding diaryl/α,β-unsaturated/α-hetero) is 2.